The van der Waals surface area contributed by atoms with Crippen LogP contribution in [0.3, 0.4) is 0 Å². The predicted octanol–water partition coefficient (Wildman–Crippen LogP) is 23.8. The number of phosphoric acid groups is 1. The van der Waals surface area contributed by atoms with Gasteiger partial charge in [0.05, 0.1) is 27.7 Å². The van der Waals surface area contributed by atoms with Gasteiger partial charge < -0.3 is 27.9 Å². The van der Waals surface area contributed by atoms with Gasteiger partial charge in [0.1, 0.15) is 19.8 Å². The van der Waals surface area contributed by atoms with Gasteiger partial charge in [-0.2, -0.15) is 0 Å². The van der Waals surface area contributed by atoms with Crippen LogP contribution in [0.25, 0.3) is 0 Å². The lowest BCUT2D eigenvalue weighted by Crippen LogP contribution is -2.37. The molecule has 0 bridgehead atoms. The lowest BCUT2D eigenvalue weighted by molar-refractivity contribution is -0.870. The molecule has 0 radical (unpaired) electrons. The summed E-state index contributed by atoms with van der Waals surface area (Å²) in [7, 11) is 1.19. The van der Waals surface area contributed by atoms with Crippen LogP contribution in [0.15, 0.2) is 48.6 Å². The van der Waals surface area contributed by atoms with E-state index >= 15 is 0 Å². The molecule has 0 fully saturated rings. The van der Waals surface area contributed by atoms with Gasteiger partial charge in [-0.15, -0.1) is 0 Å². The number of esters is 2. The highest BCUT2D eigenvalue weighted by Gasteiger charge is 2.22. The average molecular weight is 1230 g/mol. The number of ether oxygens (including phenoxy) is 2. The quantitative estimate of drug-likeness (QED) is 0.0195. The van der Waals surface area contributed by atoms with Crippen LogP contribution in [-0.2, 0) is 32.7 Å². The first-order valence-electron chi connectivity index (χ1n) is 37.3. The van der Waals surface area contributed by atoms with E-state index in [4.69, 9.17) is 18.5 Å². The van der Waals surface area contributed by atoms with Gasteiger partial charge >= 0.3 is 11.9 Å². The van der Waals surface area contributed by atoms with Gasteiger partial charge in [-0.25, -0.2) is 0 Å². The normalized spacial score (nSPS) is 13.3. The molecular formula is C76H144NO8P. The van der Waals surface area contributed by atoms with Crippen molar-refractivity contribution in [1.29, 1.82) is 0 Å². The number of carbonyl (C=O) groups excluding carboxylic acids is 2. The Bertz CT molecular complexity index is 1590. The number of hydrogen-bond acceptors (Lipinski definition) is 8. The molecule has 9 nitrogen and oxygen atoms in total. The lowest BCUT2D eigenvalue weighted by Gasteiger charge is -2.28. The second-order valence-electron chi connectivity index (χ2n) is 26.7. The van der Waals surface area contributed by atoms with E-state index in [-0.39, 0.29) is 32.0 Å². The first kappa shape index (κ1) is 84.0. The summed E-state index contributed by atoms with van der Waals surface area (Å²) < 4.78 is 34.4. The number of unbranched alkanes of at least 4 members (excludes halogenated alkanes) is 48. The molecule has 0 aromatic rings. The zero-order valence-electron chi connectivity index (χ0n) is 57.8. The highest BCUT2D eigenvalue weighted by atomic mass is 31.2. The standard InChI is InChI=1S/C76H144NO8P/c1-6-8-10-12-14-16-18-20-22-24-26-28-30-32-34-36-37-38-39-41-43-45-47-49-51-53-55-57-59-61-63-65-67-69-76(79)85-74(73-84-86(80,81)83-71-70-77(3,4)5)72-82-75(78)68-66-64-62-60-58-56-54-52-50-48-46-44-42-40-35-33-31-29-27-25-23-21-19-17-15-13-11-9-7-2/h18-21,24-27,74H,6-17,22-23,28-73H2,1-5H3/b20-18-,21-19-,26-24-,27-25-. The number of nitrogens with zero attached hydrogens (tertiary/aromatic N) is 1. The van der Waals surface area contributed by atoms with Gasteiger partial charge in [0, 0.05) is 12.8 Å². The van der Waals surface area contributed by atoms with E-state index in [0.717, 1.165) is 44.9 Å². The number of quaternary nitrogens is 1. The Balaban J connectivity index is 3.96. The van der Waals surface area contributed by atoms with Gasteiger partial charge in [-0.05, 0) is 77.0 Å². The third-order valence-electron chi connectivity index (χ3n) is 16.8. The monoisotopic (exact) mass is 1230 g/mol. The summed E-state index contributed by atoms with van der Waals surface area (Å²) in [6, 6.07) is 0. The van der Waals surface area contributed by atoms with Crippen molar-refractivity contribution in [3.63, 3.8) is 0 Å². The van der Waals surface area contributed by atoms with Crippen LogP contribution < -0.4 is 4.89 Å². The summed E-state index contributed by atoms with van der Waals surface area (Å²) in [5.41, 5.74) is 0. The smallest absolute Gasteiger partial charge is 0.306 e. The molecule has 0 amide bonds. The summed E-state index contributed by atoms with van der Waals surface area (Å²) in [6.45, 7) is 4.29. The van der Waals surface area contributed by atoms with Gasteiger partial charge in [0.2, 0.25) is 0 Å². The van der Waals surface area contributed by atoms with Gasteiger partial charge in [0.25, 0.3) is 7.82 Å². The van der Waals surface area contributed by atoms with E-state index in [2.05, 4.69) is 62.5 Å². The summed E-state index contributed by atoms with van der Waals surface area (Å²) in [6.07, 6.45) is 87.8. The molecule has 0 aliphatic heterocycles. The molecule has 0 aliphatic rings. The molecule has 0 rings (SSSR count). The lowest BCUT2D eigenvalue weighted by atomic mass is 10.0. The minimum absolute atomic E-state index is 0.0285. The molecule has 0 saturated carbocycles. The largest absolute Gasteiger partial charge is 0.756 e. The highest BCUT2D eigenvalue weighted by molar-refractivity contribution is 7.45. The molecular weight excluding hydrogens is 1090 g/mol. The van der Waals surface area contributed by atoms with Gasteiger partial charge in [-0.3, -0.25) is 14.2 Å². The Morgan fingerprint density at radius 2 is 0.628 bits per heavy atom. The van der Waals surface area contributed by atoms with Crippen LogP contribution >= 0.6 is 7.82 Å². The third-order valence-corrected chi connectivity index (χ3v) is 17.8. The fraction of sp³-hybridized carbons (Fsp3) is 0.868. The Morgan fingerprint density at radius 3 is 0.919 bits per heavy atom. The van der Waals surface area contributed by atoms with Gasteiger partial charge in [0.15, 0.2) is 6.10 Å². The van der Waals surface area contributed by atoms with Crippen LogP contribution in [0.1, 0.15) is 373 Å². The van der Waals surface area contributed by atoms with Crippen molar-refractivity contribution in [2.75, 3.05) is 47.5 Å². The van der Waals surface area contributed by atoms with Crippen LogP contribution in [-0.4, -0.2) is 70.0 Å². The molecule has 0 heterocycles. The number of hydrogen-bond donors (Lipinski definition) is 0. The SMILES string of the molecule is CCCCCCC/C=C\C/C=C\CCCCCCCCCCCCCCCCCCCCCCCC(=O)OC(COC(=O)CCCCCCCCCCCCCCCCCCC/C=C\C/C=C\CCCCCCC)COP(=O)([O-])OCC[N+](C)(C)C. The number of phosphoric ester groups is 1. The van der Waals surface area contributed by atoms with Crippen molar-refractivity contribution in [2.24, 2.45) is 0 Å². The van der Waals surface area contributed by atoms with Crippen molar-refractivity contribution >= 4 is 19.8 Å². The molecule has 0 spiro atoms. The van der Waals surface area contributed by atoms with Crippen molar-refractivity contribution in [3.05, 3.63) is 48.6 Å². The van der Waals surface area contributed by atoms with Crippen molar-refractivity contribution in [1.82, 2.24) is 0 Å². The van der Waals surface area contributed by atoms with E-state index < -0.39 is 26.5 Å². The Labute approximate surface area is 534 Å². The zero-order valence-corrected chi connectivity index (χ0v) is 58.7. The minimum atomic E-state index is -4.64. The summed E-state index contributed by atoms with van der Waals surface area (Å²) in [5, 5.41) is 0. The molecule has 0 saturated heterocycles. The number of rotatable bonds is 70. The van der Waals surface area contributed by atoms with Crippen LogP contribution in [0.4, 0.5) is 0 Å². The highest BCUT2D eigenvalue weighted by Crippen LogP contribution is 2.38. The molecule has 0 aromatic heterocycles. The van der Waals surface area contributed by atoms with E-state index in [1.807, 2.05) is 21.1 Å². The fourth-order valence-electron chi connectivity index (χ4n) is 11.1. The van der Waals surface area contributed by atoms with E-state index in [1.165, 1.54) is 295 Å². The summed E-state index contributed by atoms with van der Waals surface area (Å²) in [5.74, 6) is -0.812. The third kappa shape index (κ3) is 71.1. The van der Waals surface area contributed by atoms with Crippen molar-refractivity contribution in [2.45, 2.75) is 380 Å². The maximum absolute atomic E-state index is 12.9. The van der Waals surface area contributed by atoms with Gasteiger partial charge in [-0.1, -0.05) is 332 Å². The Morgan fingerprint density at radius 1 is 0.360 bits per heavy atom. The maximum Gasteiger partial charge on any atom is 0.306 e. The number of carbonyl (C=O) groups is 2. The van der Waals surface area contributed by atoms with Crippen LogP contribution in [0.5, 0.6) is 0 Å². The Hall–Kier alpha value is -2.03. The predicted molar refractivity (Wildman–Crippen MR) is 370 cm³/mol. The van der Waals surface area contributed by atoms with Crippen molar-refractivity contribution < 1.29 is 42.1 Å². The molecule has 2 atom stereocenters. The Kier molecular flexibility index (Phi) is 65.8. The summed E-state index contributed by atoms with van der Waals surface area (Å²) in [4.78, 5) is 38.1. The maximum atomic E-state index is 12.9. The second kappa shape index (κ2) is 67.4. The first-order valence-corrected chi connectivity index (χ1v) is 38.8. The van der Waals surface area contributed by atoms with Crippen LogP contribution in [0, 0.1) is 0 Å². The first-order chi connectivity index (χ1) is 42.0. The average Bonchev–Trinajstić information content (AvgIpc) is 3.70. The molecule has 0 aliphatic carbocycles. The van der Waals surface area contributed by atoms with Crippen molar-refractivity contribution in [3.8, 4) is 0 Å². The minimum Gasteiger partial charge on any atom is -0.756 e. The van der Waals surface area contributed by atoms with E-state index in [0.29, 0.717) is 17.4 Å². The summed E-state index contributed by atoms with van der Waals surface area (Å²) >= 11 is 0. The second-order valence-corrected chi connectivity index (χ2v) is 28.1. The molecule has 0 N–H and O–H groups in total. The zero-order chi connectivity index (χ0) is 62.6. The van der Waals surface area contributed by atoms with E-state index in [9.17, 15) is 19.0 Å². The number of likely N-dealkylation sites (N-methyl/N-ethyl adjacent to an activating group) is 1. The fourth-order valence-corrected chi connectivity index (χ4v) is 11.8. The molecule has 10 heteroatoms. The van der Waals surface area contributed by atoms with Crippen LogP contribution in [0.2, 0.25) is 0 Å². The topological polar surface area (TPSA) is 111 Å². The molecule has 2 unspecified atom stereocenters. The molecule has 86 heavy (non-hydrogen) atoms. The van der Waals surface area contributed by atoms with E-state index in [1.54, 1.807) is 0 Å². The number of allylic oxidation sites excluding steroid dienone is 8. The molecule has 506 valence electrons. The molecule has 0 aromatic carbocycles.